The van der Waals surface area contributed by atoms with Gasteiger partial charge in [0.1, 0.15) is 0 Å². The van der Waals surface area contributed by atoms with E-state index in [9.17, 15) is 13.2 Å². The molecule has 0 radical (unpaired) electrons. The first-order chi connectivity index (χ1) is 13.2. The van der Waals surface area contributed by atoms with Crippen LogP contribution in [-0.2, 0) is 27.5 Å². The molecule has 1 amide bonds. The molecular formula is C19H25N5O3S. The van der Waals surface area contributed by atoms with E-state index < -0.39 is 21.7 Å². The van der Waals surface area contributed by atoms with Crippen LogP contribution >= 0.6 is 0 Å². The number of hydrogen-bond acceptors (Lipinski definition) is 4. The van der Waals surface area contributed by atoms with Crippen molar-refractivity contribution in [3.63, 3.8) is 0 Å². The number of para-hydroxylation sites is 1. The molecule has 2 atom stereocenters. The minimum Gasteiger partial charge on any atom is -0.325 e. The first-order valence-corrected chi connectivity index (χ1v) is 10.7. The molecular weight excluding hydrogens is 378 g/mol. The Hall–Kier alpha value is -2.23. The van der Waals surface area contributed by atoms with Crippen molar-refractivity contribution < 1.29 is 13.2 Å². The highest BCUT2D eigenvalue weighted by Crippen LogP contribution is 2.55. The number of hydrogen-bond donors (Lipinski definition) is 1. The van der Waals surface area contributed by atoms with Gasteiger partial charge < -0.3 is 5.32 Å². The van der Waals surface area contributed by atoms with Crippen molar-refractivity contribution in [1.29, 1.82) is 0 Å². The van der Waals surface area contributed by atoms with E-state index >= 15 is 0 Å². The zero-order valence-electron chi connectivity index (χ0n) is 16.5. The summed E-state index contributed by atoms with van der Waals surface area (Å²) in [5, 5.41) is 7.20. The highest BCUT2D eigenvalue weighted by molar-refractivity contribution is 7.86. The zero-order valence-corrected chi connectivity index (χ0v) is 17.3. The number of nitrogens with zero attached hydrogens (tertiary/aromatic N) is 4. The van der Waals surface area contributed by atoms with Gasteiger partial charge in [-0.05, 0) is 31.9 Å². The van der Waals surface area contributed by atoms with Gasteiger partial charge in [0.2, 0.25) is 5.91 Å². The molecule has 2 aliphatic rings. The van der Waals surface area contributed by atoms with Crippen LogP contribution in [0.5, 0.6) is 0 Å². The van der Waals surface area contributed by atoms with Crippen LogP contribution < -0.4 is 5.32 Å². The lowest BCUT2D eigenvalue weighted by Crippen LogP contribution is -2.48. The fourth-order valence-electron chi connectivity index (χ4n) is 4.37. The Labute approximate surface area is 165 Å². The minimum atomic E-state index is -3.77. The van der Waals surface area contributed by atoms with Crippen molar-refractivity contribution in [2.75, 3.05) is 18.9 Å². The number of nitrogens with one attached hydrogen (secondary N) is 1. The summed E-state index contributed by atoms with van der Waals surface area (Å²) in [5.74, 6) is -0.160. The van der Waals surface area contributed by atoms with Crippen LogP contribution in [0.15, 0.2) is 36.7 Å². The zero-order chi connectivity index (χ0) is 20.3. The van der Waals surface area contributed by atoms with E-state index in [4.69, 9.17) is 0 Å². The molecule has 1 saturated heterocycles. The van der Waals surface area contributed by atoms with Gasteiger partial charge in [0, 0.05) is 44.1 Å². The second-order valence-corrected chi connectivity index (χ2v) is 9.74. The molecule has 1 spiro atoms. The van der Waals surface area contributed by atoms with Crippen LogP contribution in [0.4, 0.5) is 5.69 Å². The number of anilines is 1. The molecule has 0 bridgehead atoms. The van der Waals surface area contributed by atoms with Crippen molar-refractivity contribution in [2.24, 2.45) is 7.05 Å². The van der Waals surface area contributed by atoms with Crippen molar-refractivity contribution >= 4 is 21.8 Å². The first-order valence-electron chi connectivity index (χ1n) is 9.34. The second kappa shape index (κ2) is 6.40. The maximum Gasteiger partial charge on any atom is 0.282 e. The van der Waals surface area contributed by atoms with Gasteiger partial charge in [-0.2, -0.15) is 22.1 Å². The smallest absolute Gasteiger partial charge is 0.282 e. The Bertz CT molecular complexity index is 1030. The molecule has 1 aromatic heterocycles. The van der Waals surface area contributed by atoms with Crippen LogP contribution in [0.3, 0.4) is 0 Å². The highest BCUT2D eigenvalue weighted by atomic mass is 32.2. The number of aromatic nitrogens is 2. The standard InChI is InChI=1S/C19H25N5O3S/c1-13(2)23(4)28(26,27)24-10-9-19(17(24)14-11-20-22(3)12-14)15-7-5-6-8-16(15)21-18(19)25/h5-8,11-13,17H,9-10H2,1-4H3,(H,21,25). The van der Waals surface area contributed by atoms with E-state index in [1.807, 2.05) is 38.1 Å². The number of carbonyl (C=O) groups excluding carboxylic acids is 1. The molecule has 1 aromatic carbocycles. The summed E-state index contributed by atoms with van der Waals surface area (Å²) in [6, 6.07) is 6.68. The monoisotopic (exact) mass is 403 g/mol. The summed E-state index contributed by atoms with van der Waals surface area (Å²) in [7, 11) is -0.404. The maximum atomic E-state index is 13.4. The van der Waals surface area contributed by atoms with Crippen molar-refractivity contribution in [3.8, 4) is 0 Å². The third-order valence-corrected chi connectivity index (χ3v) is 8.11. The number of amides is 1. The summed E-state index contributed by atoms with van der Waals surface area (Å²) in [4.78, 5) is 13.2. The normalized spacial score (nSPS) is 25.1. The number of benzene rings is 1. The Morgan fingerprint density at radius 2 is 2.04 bits per heavy atom. The lowest BCUT2D eigenvalue weighted by molar-refractivity contribution is -0.121. The van der Waals surface area contributed by atoms with Crippen LogP contribution in [0, 0.1) is 0 Å². The molecule has 4 rings (SSSR count). The van der Waals surface area contributed by atoms with Gasteiger partial charge in [0.15, 0.2) is 0 Å². The Morgan fingerprint density at radius 3 is 2.68 bits per heavy atom. The Morgan fingerprint density at radius 1 is 1.32 bits per heavy atom. The maximum absolute atomic E-state index is 13.4. The summed E-state index contributed by atoms with van der Waals surface area (Å²) in [5.41, 5.74) is 1.34. The van der Waals surface area contributed by atoms with Gasteiger partial charge >= 0.3 is 0 Å². The van der Waals surface area contributed by atoms with Gasteiger partial charge in [-0.3, -0.25) is 9.48 Å². The number of fused-ring (bicyclic) bond motifs is 2. The van der Waals surface area contributed by atoms with Crippen molar-refractivity contribution in [2.45, 2.75) is 37.8 Å². The lowest BCUT2D eigenvalue weighted by atomic mass is 9.73. The van der Waals surface area contributed by atoms with Gasteiger partial charge in [-0.1, -0.05) is 18.2 Å². The SMILES string of the molecule is CC(C)N(C)S(=O)(=O)N1CCC2(C(=O)Nc3ccccc32)C1c1cnn(C)c1. The van der Waals surface area contributed by atoms with Crippen LogP contribution in [0.1, 0.15) is 37.4 Å². The summed E-state index contributed by atoms with van der Waals surface area (Å²) in [6.45, 7) is 3.93. The molecule has 0 aliphatic carbocycles. The molecule has 3 heterocycles. The Balaban J connectivity index is 1.92. The van der Waals surface area contributed by atoms with E-state index in [2.05, 4.69) is 10.4 Å². The van der Waals surface area contributed by atoms with E-state index in [0.717, 1.165) is 11.3 Å². The number of rotatable bonds is 4. The predicted molar refractivity (Wildman–Crippen MR) is 106 cm³/mol. The van der Waals surface area contributed by atoms with Gasteiger partial charge in [-0.15, -0.1) is 0 Å². The van der Waals surface area contributed by atoms with E-state index in [1.54, 1.807) is 31.2 Å². The van der Waals surface area contributed by atoms with Gasteiger partial charge in [0.25, 0.3) is 10.2 Å². The quantitative estimate of drug-likeness (QED) is 0.841. The molecule has 2 unspecified atom stereocenters. The van der Waals surface area contributed by atoms with E-state index in [0.29, 0.717) is 12.0 Å². The molecule has 150 valence electrons. The van der Waals surface area contributed by atoms with Crippen LogP contribution in [0.25, 0.3) is 0 Å². The Kier molecular flexibility index (Phi) is 4.36. The molecule has 1 N–H and O–H groups in total. The number of carbonyl (C=O) groups is 1. The van der Waals surface area contributed by atoms with Crippen LogP contribution in [-0.4, -0.2) is 52.4 Å². The van der Waals surface area contributed by atoms with E-state index in [1.165, 1.54) is 8.61 Å². The number of aryl methyl sites for hydroxylation is 1. The fraction of sp³-hybridized carbons (Fsp3) is 0.474. The average Bonchev–Trinajstić information content (AvgIpc) is 3.32. The van der Waals surface area contributed by atoms with Gasteiger partial charge in [0.05, 0.1) is 17.7 Å². The minimum absolute atomic E-state index is 0.160. The molecule has 2 aromatic rings. The average molecular weight is 404 g/mol. The highest BCUT2D eigenvalue weighted by Gasteiger charge is 2.61. The topological polar surface area (TPSA) is 87.5 Å². The summed E-state index contributed by atoms with van der Waals surface area (Å²) >= 11 is 0. The van der Waals surface area contributed by atoms with Crippen molar-refractivity contribution in [3.05, 3.63) is 47.8 Å². The van der Waals surface area contributed by atoms with E-state index in [-0.39, 0.29) is 18.5 Å². The lowest BCUT2D eigenvalue weighted by Gasteiger charge is -2.35. The third-order valence-electron chi connectivity index (χ3n) is 5.97. The second-order valence-electron chi connectivity index (χ2n) is 7.80. The first kappa shape index (κ1) is 19.1. The molecule has 8 nitrogen and oxygen atoms in total. The summed E-state index contributed by atoms with van der Waals surface area (Å²) < 4.78 is 31.3. The molecule has 28 heavy (non-hydrogen) atoms. The molecule has 9 heteroatoms. The molecule has 2 aliphatic heterocycles. The predicted octanol–water partition coefficient (Wildman–Crippen LogP) is 1.64. The van der Waals surface area contributed by atoms with Gasteiger partial charge in [-0.25, -0.2) is 0 Å². The van der Waals surface area contributed by atoms with Crippen molar-refractivity contribution in [1.82, 2.24) is 18.4 Å². The largest absolute Gasteiger partial charge is 0.325 e. The third kappa shape index (κ3) is 2.53. The fourth-order valence-corrected chi connectivity index (χ4v) is 6.12. The molecule has 0 saturated carbocycles. The summed E-state index contributed by atoms with van der Waals surface area (Å²) in [6.07, 6.45) is 3.87. The van der Waals surface area contributed by atoms with Crippen LogP contribution in [0.2, 0.25) is 0 Å². The molecule has 1 fully saturated rings.